The van der Waals surface area contributed by atoms with Crippen molar-refractivity contribution in [3.8, 4) is 17.4 Å². The molecule has 6 heteroatoms. The molecule has 0 aliphatic heterocycles. The highest BCUT2D eigenvalue weighted by Gasteiger charge is 2.10. The number of hydrogen-bond acceptors (Lipinski definition) is 4. The number of allylic oxidation sites excluding steroid dienone is 1. The van der Waals surface area contributed by atoms with Gasteiger partial charge < -0.3 is 4.42 Å². The van der Waals surface area contributed by atoms with Gasteiger partial charge in [-0.25, -0.2) is 0 Å². The summed E-state index contributed by atoms with van der Waals surface area (Å²) in [4.78, 5) is 10.4. The van der Waals surface area contributed by atoms with Crippen molar-refractivity contribution in [2.75, 3.05) is 0 Å². The van der Waals surface area contributed by atoms with Gasteiger partial charge in [0.25, 0.3) is 5.69 Å². The first-order valence-corrected chi connectivity index (χ1v) is 7.67. The third-order valence-corrected chi connectivity index (χ3v) is 3.78. The zero-order valence-electron chi connectivity index (χ0n) is 12.8. The monoisotopic (exact) mass is 350 g/mol. The summed E-state index contributed by atoms with van der Waals surface area (Å²) in [6, 6.07) is 18.6. The minimum absolute atomic E-state index is 0.00938. The maximum Gasteiger partial charge on any atom is 0.270 e. The Kier molecular flexibility index (Phi) is 4.64. The van der Waals surface area contributed by atoms with Crippen LogP contribution < -0.4 is 0 Å². The number of rotatable bonds is 4. The molecular formula is C19H11ClN2O3. The number of benzene rings is 2. The van der Waals surface area contributed by atoms with Gasteiger partial charge in [0.1, 0.15) is 11.5 Å². The van der Waals surface area contributed by atoms with Crippen molar-refractivity contribution in [2.24, 2.45) is 0 Å². The van der Waals surface area contributed by atoms with Gasteiger partial charge in [0.05, 0.1) is 16.6 Å². The van der Waals surface area contributed by atoms with Crippen LogP contribution in [0.15, 0.2) is 65.1 Å². The summed E-state index contributed by atoms with van der Waals surface area (Å²) in [5.74, 6) is 0.969. The predicted octanol–water partition coefficient (Wildman–Crippen LogP) is 5.57. The number of nitro groups is 1. The Bertz CT molecular complexity index is 998. The van der Waals surface area contributed by atoms with Crippen molar-refractivity contribution < 1.29 is 9.34 Å². The maximum atomic E-state index is 10.9. The first kappa shape index (κ1) is 16.5. The van der Waals surface area contributed by atoms with E-state index in [9.17, 15) is 15.4 Å². The minimum atomic E-state index is -0.457. The van der Waals surface area contributed by atoms with E-state index < -0.39 is 4.92 Å². The number of nitro benzene ring substituents is 1. The highest BCUT2D eigenvalue weighted by Crippen LogP contribution is 2.27. The summed E-state index contributed by atoms with van der Waals surface area (Å²) in [6.07, 6.45) is 1.62. The van der Waals surface area contributed by atoms with Crippen LogP contribution in [0.3, 0.4) is 0 Å². The van der Waals surface area contributed by atoms with E-state index in [-0.39, 0.29) is 5.69 Å². The van der Waals surface area contributed by atoms with E-state index in [0.717, 1.165) is 5.56 Å². The van der Waals surface area contributed by atoms with Crippen LogP contribution >= 0.6 is 11.6 Å². The zero-order chi connectivity index (χ0) is 17.8. The van der Waals surface area contributed by atoms with Gasteiger partial charge in [0, 0.05) is 22.7 Å². The molecule has 3 aromatic rings. The molecule has 0 amide bonds. The van der Waals surface area contributed by atoms with Crippen LogP contribution in [0.1, 0.15) is 11.3 Å². The van der Waals surface area contributed by atoms with Gasteiger partial charge in [0.2, 0.25) is 0 Å². The molecule has 0 saturated carbocycles. The van der Waals surface area contributed by atoms with E-state index in [2.05, 4.69) is 6.07 Å². The minimum Gasteiger partial charge on any atom is -0.457 e. The SMILES string of the molecule is N#C/C(=C\c1ccc(-c2cccc([N+](=O)[O-])c2)o1)c1ccc(Cl)cc1. The molecule has 0 unspecified atom stereocenters. The third-order valence-electron chi connectivity index (χ3n) is 3.53. The molecule has 0 bridgehead atoms. The van der Waals surface area contributed by atoms with Gasteiger partial charge in [-0.15, -0.1) is 0 Å². The van der Waals surface area contributed by atoms with Crippen molar-refractivity contribution >= 4 is 28.9 Å². The van der Waals surface area contributed by atoms with Gasteiger partial charge in [-0.05, 0) is 35.9 Å². The molecule has 5 nitrogen and oxygen atoms in total. The largest absolute Gasteiger partial charge is 0.457 e. The highest BCUT2D eigenvalue weighted by molar-refractivity contribution is 6.30. The van der Waals surface area contributed by atoms with Gasteiger partial charge in [-0.2, -0.15) is 5.26 Å². The van der Waals surface area contributed by atoms with E-state index in [0.29, 0.717) is 27.7 Å². The normalized spacial score (nSPS) is 11.1. The second-order valence-electron chi connectivity index (χ2n) is 5.19. The van der Waals surface area contributed by atoms with Crippen LogP contribution in [0.5, 0.6) is 0 Å². The Morgan fingerprint density at radius 2 is 1.92 bits per heavy atom. The van der Waals surface area contributed by atoms with Crippen molar-refractivity contribution in [3.05, 3.63) is 87.1 Å². The Balaban J connectivity index is 1.93. The van der Waals surface area contributed by atoms with E-state index in [1.165, 1.54) is 12.1 Å². The van der Waals surface area contributed by atoms with Crippen LogP contribution in [0.2, 0.25) is 5.02 Å². The topological polar surface area (TPSA) is 80.1 Å². The second kappa shape index (κ2) is 7.04. The lowest BCUT2D eigenvalue weighted by Gasteiger charge is -1.99. The second-order valence-corrected chi connectivity index (χ2v) is 5.62. The Labute approximate surface area is 148 Å². The number of furan rings is 1. The average molecular weight is 351 g/mol. The van der Waals surface area contributed by atoms with Crippen molar-refractivity contribution in [3.63, 3.8) is 0 Å². The standard InChI is InChI=1S/C19H11ClN2O3/c20-16-6-4-13(5-7-16)15(12-21)11-18-8-9-19(25-18)14-2-1-3-17(10-14)22(23)24/h1-11H/b15-11+. The molecule has 2 aromatic carbocycles. The third kappa shape index (κ3) is 3.77. The number of non-ortho nitro benzene ring substituents is 1. The molecule has 25 heavy (non-hydrogen) atoms. The van der Waals surface area contributed by atoms with E-state index in [1.807, 2.05) is 0 Å². The van der Waals surface area contributed by atoms with Gasteiger partial charge in [-0.3, -0.25) is 10.1 Å². The first-order chi connectivity index (χ1) is 12.1. The van der Waals surface area contributed by atoms with Crippen LogP contribution in [0, 0.1) is 21.4 Å². The Morgan fingerprint density at radius 3 is 2.60 bits per heavy atom. The number of hydrogen-bond donors (Lipinski definition) is 0. The van der Waals surface area contributed by atoms with Crippen LogP contribution in [-0.2, 0) is 0 Å². The fourth-order valence-corrected chi connectivity index (χ4v) is 2.44. The zero-order valence-corrected chi connectivity index (χ0v) is 13.6. The Morgan fingerprint density at radius 1 is 1.16 bits per heavy atom. The van der Waals surface area contributed by atoms with Crippen LogP contribution in [0.25, 0.3) is 23.0 Å². The number of halogens is 1. The lowest BCUT2D eigenvalue weighted by molar-refractivity contribution is -0.384. The molecular weight excluding hydrogens is 340 g/mol. The fraction of sp³-hybridized carbons (Fsp3) is 0. The summed E-state index contributed by atoms with van der Waals surface area (Å²) in [5.41, 5.74) is 1.74. The molecule has 1 heterocycles. The summed E-state index contributed by atoms with van der Waals surface area (Å²) in [6.45, 7) is 0. The quantitative estimate of drug-likeness (QED) is 0.350. The van der Waals surface area contributed by atoms with Crippen LogP contribution in [0.4, 0.5) is 5.69 Å². The molecule has 122 valence electrons. The summed E-state index contributed by atoms with van der Waals surface area (Å²) >= 11 is 5.86. The fourth-order valence-electron chi connectivity index (χ4n) is 2.31. The number of nitriles is 1. The molecule has 0 radical (unpaired) electrons. The molecule has 0 fully saturated rings. The molecule has 1 aromatic heterocycles. The van der Waals surface area contributed by atoms with Gasteiger partial charge in [-0.1, -0.05) is 35.9 Å². The van der Waals surface area contributed by atoms with Crippen molar-refractivity contribution in [2.45, 2.75) is 0 Å². The highest BCUT2D eigenvalue weighted by atomic mass is 35.5. The number of nitrogens with zero attached hydrogens (tertiary/aromatic N) is 2. The predicted molar refractivity (Wildman–Crippen MR) is 95.7 cm³/mol. The summed E-state index contributed by atoms with van der Waals surface area (Å²) < 4.78 is 5.71. The smallest absolute Gasteiger partial charge is 0.270 e. The van der Waals surface area contributed by atoms with Crippen LogP contribution in [-0.4, -0.2) is 4.92 Å². The molecule has 0 aliphatic rings. The molecule has 0 spiro atoms. The summed E-state index contributed by atoms with van der Waals surface area (Å²) in [5, 5.41) is 20.8. The maximum absolute atomic E-state index is 10.9. The van der Waals surface area contributed by atoms with E-state index >= 15 is 0 Å². The molecule has 0 saturated heterocycles. The van der Waals surface area contributed by atoms with E-state index in [1.54, 1.807) is 54.6 Å². The average Bonchev–Trinajstić information content (AvgIpc) is 3.09. The van der Waals surface area contributed by atoms with Crippen molar-refractivity contribution in [1.29, 1.82) is 5.26 Å². The Hall–Kier alpha value is -3.36. The van der Waals surface area contributed by atoms with E-state index in [4.69, 9.17) is 16.0 Å². The molecule has 3 rings (SSSR count). The molecule has 0 atom stereocenters. The summed E-state index contributed by atoms with van der Waals surface area (Å²) in [7, 11) is 0. The van der Waals surface area contributed by atoms with Gasteiger partial charge >= 0.3 is 0 Å². The lowest BCUT2D eigenvalue weighted by atomic mass is 10.1. The van der Waals surface area contributed by atoms with Gasteiger partial charge in [0.15, 0.2) is 0 Å². The molecule has 0 aliphatic carbocycles. The first-order valence-electron chi connectivity index (χ1n) is 7.29. The van der Waals surface area contributed by atoms with Crippen molar-refractivity contribution in [1.82, 2.24) is 0 Å². The molecule has 0 N–H and O–H groups in total. The lowest BCUT2D eigenvalue weighted by Crippen LogP contribution is -1.87.